The van der Waals surface area contributed by atoms with Crippen LogP contribution in [0.5, 0.6) is 17.2 Å². The van der Waals surface area contributed by atoms with Crippen molar-refractivity contribution in [1.29, 1.82) is 0 Å². The van der Waals surface area contributed by atoms with Gasteiger partial charge >= 0.3 is 5.97 Å². The molecule has 1 aromatic heterocycles. The van der Waals surface area contributed by atoms with Crippen LogP contribution in [0.1, 0.15) is 25.5 Å². The average Bonchev–Trinajstić information content (AvgIpc) is 3.18. The number of aromatic nitrogens is 2. The molecule has 2 aromatic rings. The second-order valence-electron chi connectivity index (χ2n) is 6.20. The van der Waals surface area contributed by atoms with E-state index in [2.05, 4.69) is 10.4 Å². The van der Waals surface area contributed by atoms with Crippen molar-refractivity contribution in [2.75, 3.05) is 33.3 Å². The van der Waals surface area contributed by atoms with Crippen LogP contribution in [0.2, 0.25) is 0 Å². The Labute approximate surface area is 169 Å². The number of carbonyl (C=O) groups is 2. The van der Waals surface area contributed by atoms with Crippen LogP contribution in [0.3, 0.4) is 0 Å². The first-order valence-corrected chi connectivity index (χ1v) is 8.87. The van der Waals surface area contributed by atoms with E-state index in [1.807, 2.05) is 13.8 Å². The number of amides is 1. The largest absolute Gasteiger partial charge is 0.493 e. The minimum atomic E-state index is -0.661. The summed E-state index contributed by atoms with van der Waals surface area (Å²) in [5, 5.41) is 6.78. The van der Waals surface area contributed by atoms with Crippen LogP contribution < -0.4 is 19.5 Å². The summed E-state index contributed by atoms with van der Waals surface area (Å²) < 4.78 is 22.4. The van der Waals surface area contributed by atoms with Crippen LogP contribution in [0.25, 0.3) is 6.08 Å². The molecule has 0 bridgehead atoms. The summed E-state index contributed by atoms with van der Waals surface area (Å²) >= 11 is 0. The summed E-state index contributed by atoms with van der Waals surface area (Å²) in [6, 6.07) is 5.13. The van der Waals surface area contributed by atoms with Crippen molar-refractivity contribution in [3.05, 3.63) is 36.0 Å². The van der Waals surface area contributed by atoms with E-state index >= 15 is 0 Å². The number of benzene rings is 1. The van der Waals surface area contributed by atoms with Gasteiger partial charge in [0.1, 0.15) is 5.82 Å². The number of rotatable bonds is 9. The average molecular weight is 403 g/mol. The molecule has 0 aliphatic heterocycles. The molecule has 0 saturated carbocycles. The quantitative estimate of drug-likeness (QED) is 0.507. The van der Waals surface area contributed by atoms with Crippen molar-refractivity contribution in [3.63, 3.8) is 0 Å². The third-order valence-electron chi connectivity index (χ3n) is 3.87. The van der Waals surface area contributed by atoms with Gasteiger partial charge in [-0.2, -0.15) is 5.10 Å². The van der Waals surface area contributed by atoms with Crippen LogP contribution in [0.15, 0.2) is 30.5 Å². The summed E-state index contributed by atoms with van der Waals surface area (Å²) in [4.78, 5) is 23.9. The number of hydrogen-bond donors (Lipinski definition) is 1. The first kappa shape index (κ1) is 21.8. The lowest BCUT2D eigenvalue weighted by atomic mass is 10.1. The van der Waals surface area contributed by atoms with Gasteiger partial charge in [0.05, 0.1) is 27.5 Å². The van der Waals surface area contributed by atoms with Crippen molar-refractivity contribution < 1.29 is 28.5 Å². The predicted octanol–water partition coefficient (Wildman–Crippen LogP) is 2.68. The molecule has 9 nitrogen and oxygen atoms in total. The van der Waals surface area contributed by atoms with Crippen molar-refractivity contribution in [2.45, 2.75) is 19.9 Å². The molecule has 0 aliphatic rings. The molecule has 1 N–H and O–H groups in total. The Morgan fingerprint density at radius 1 is 1.14 bits per heavy atom. The number of ether oxygens (including phenoxy) is 4. The van der Waals surface area contributed by atoms with Gasteiger partial charge in [0.25, 0.3) is 5.91 Å². The topological polar surface area (TPSA) is 101 Å². The Morgan fingerprint density at radius 3 is 2.34 bits per heavy atom. The molecule has 9 heteroatoms. The summed E-state index contributed by atoms with van der Waals surface area (Å²) in [6.45, 7) is 3.47. The maximum Gasteiger partial charge on any atom is 0.331 e. The van der Waals surface area contributed by atoms with E-state index in [-0.39, 0.29) is 6.04 Å². The zero-order valence-corrected chi connectivity index (χ0v) is 17.1. The highest BCUT2D eigenvalue weighted by Crippen LogP contribution is 2.38. The highest BCUT2D eigenvalue weighted by atomic mass is 16.5. The molecule has 0 saturated heterocycles. The number of nitrogens with zero attached hydrogens (tertiary/aromatic N) is 2. The van der Waals surface area contributed by atoms with Gasteiger partial charge in [-0.05, 0) is 37.6 Å². The van der Waals surface area contributed by atoms with Gasteiger partial charge in [0.2, 0.25) is 5.75 Å². The minimum Gasteiger partial charge on any atom is -0.493 e. The molecule has 0 unspecified atom stereocenters. The lowest BCUT2D eigenvalue weighted by Crippen LogP contribution is -2.22. The van der Waals surface area contributed by atoms with Crippen LogP contribution >= 0.6 is 0 Å². The van der Waals surface area contributed by atoms with Crippen LogP contribution in [-0.2, 0) is 14.3 Å². The van der Waals surface area contributed by atoms with Gasteiger partial charge < -0.3 is 24.3 Å². The van der Waals surface area contributed by atoms with Crippen LogP contribution in [0.4, 0.5) is 5.82 Å². The first-order chi connectivity index (χ1) is 13.9. The molecular formula is C20H25N3O6. The zero-order valence-electron chi connectivity index (χ0n) is 17.1. The summed E-state index contributed by atoms with van der Waals surface area (Å²) in [7, 11) is 4.51. The van der Waals surface area contributed by atoms with Gasteiger partial charge in [-0.3, -0.25) is 4.79 Å². The number of anilines is 1. The lowest BCUT2D eigenvalue weighted by molar-refractivity contribution is -0.142. The fourth-order valence-electron chi connectivity index (χ4n) is 2.55. The van der Waals surface area contributed by atoms with Gasteiger partial charge in [0, 0.05) is 18.2 Å². The van der Waals surface area contributed by atoms with Crippen molar-refractivity contribution in [3.8, 4) is 17.2 Å². The molecule has 1 aromatic carbocycles. The number of nitrogens with one attached hydrogen (secondary N) is 1. The molecule has 1 heterocycles. The Kier molecular flexibility index (Phi) is 7.64. The fourth-order valence-corrected chi connectivity index (χ4v) is 2.55. The van der Waals surface area contributed by atoms with Gasteiger partial charge in [-0.25, -0.2) is 9.48 Å². The third-order valence-corrected chi connectivity index (χ3v) is 3.87. The van der Waals surface area contributed by atoms with Crippen LogP contribution in [-0.4, -0.2) is 49.6 Å². The van der Waals surface area contributed by atoms with Crippen molar-refractivity contribution in [2.24, 2.45) is 0 Å². The predicted molar refractivity (Wildman–Crippen MR) is 107 cm³/mol. The van der Waals surface area contributed by atoms with Crippen molar-refractivity contribution in [1.82, 2.24) is 9.78 Å². The Morgan fingerprint density at radius 2 is 1.79 bits per heavy atom. The number of hydrogen-bond acceptors (Lipinski definition) is 7. The monoisotopic (exact) mass is 403 g/mol. The van der Waals surface area contributed by atoms with E-state index in [4.69, 9.17) is 18.9 Å². The smallest absolute Gasteiger partial charge is 0.331 e. The molecule has 0 fully saturated rings. The normalized spacial score (nSPS) is 10.8. The second-order valence-corrected chi connectivity index (χ2v) is 6.20. The Hall–Kier alpha value is -3.49. The third kappa shape index (κ3) is 5.74. The molecule has 156 valence electrons. The molecule has 29 heavy (non-hydrogen) atoms. The van der Waals surface area contributed by atoms with E-state index in [9.17, 15) is 9.59 Å². The zero-order chi connectivity index (χ0) is 21.4. The van der Waals surface area contributed by atoms with Gasteiger partial charge in [0.15, 0.2) is 18.1 Å². The molecular weight excluding hydrogens is 378 g/mol. The van der Waals surface area contributed by atoms with Gasteiger partial charge in [-0.1, -0.05) is 0 Å². The summed E-state index contributed by atoms with van der Waals surface area (Å²) in [6.07, 6.45) is 4.33. The van der Waals surface area contributed by atoms with Crippen molar-refractivity contribution >= 4 is 23.8 Å². The Bertz CT molecular complexity index is 863. The summed E-state index contributed by atoms with van der Waals surface area (Å²) in [5.74, 6) is 0.788. The molecule has 0 radical (unpaired) electrons. The van der Waals surface area contributed by atoms with E-state index in [1.165, 1.54) is 33.5 Å². The lowest BCUT2D eigenvalue weighted by Gasteiger charge is -2.12. The molecule has 1 amide bonds. The van der Waals surface area contributed by atoms with E-state index < -0.39 is 18.5 Å². The molecule has 2 rings (SSSR count). The van der Waals surface area contributed by atoms with E-state index in [1.54, 1.807) is 29.1 Å². The molecule has 0 aliphatic carbocycles. The molecule has 0 spiro atoms. The molecule has 0 atom stereocenters. The van der Waals surface area contributed by atoms with E-state index in [0.29, 0.717) is 28.6 Å². The van der Waals surface area contributed by atoms with Crippen LogP contribution in [0, 0.1) is 0 Å². The SMILES string of the molecule is COc1cc(/C=C/C(=O)OCC(=O)Nc2ccnn2C(C)C)cc(OC)c1OC. The number of carbonyl (C=O) groups excluding carboxylic acids is 2. The number of esters is 1. The minimum absolute atomic E-state index is 0.0873. The second kappa shape index (κ2) is 10.2. The highest BCUT2D eigenvalue weighted by molar-refractivity contribution is 5.94. The fraction of sp³-hybridized carbons (Fsp3) is 0.350. The maximum absolute atomic E-state index is 12.0. The van der Waals surface area contributed by atoms with Gasteiger partial charge in [-0.15, -0.1) is 0 Å². The summed E-state index contributed by atoms with van der Waals surface area (Å²) in [5.41, 5.74) is 0.640. The highest BCUT2D eigenvalue weighted by Gasteiger charge is 2.13. The standard InChI is InChI=1S/C20H25N3O6/c1-13(2)23-17(8-9-21-23)22-18(24)12-29-19(25)7-6-14-10-15(26-3)20(28-5)16(11-14)27-4/h6-11,13H,12H2,1-5H3,(H,22,24)/b7-6+. The number of methoxy groups -OCH3 is 3. The first-order valence-electron chi connectivity index (χ1n) is 8.87. The Balaban J connectivity index is 1.96. The maximum atomic E-state index is 12.0. The van der Waals surface area contributed by atoms with E-state index in [0.717, 1.165) is 0 Å².